The molecule has 21 heavy (non-hydrogen) atoms. The van der Waals surface area contributed by atoms with Crippen LogP contribution < -0.4 is 5.32 Å². The number of carbonyl (C=O) groups is 1. The fourth-order valence-corrected chi connectivity index (χ4v) is 1.91. The first-order chi connectivity index (χ1) is 10.3. The number of unbranched alkanes of at least 4 members (excludes halogenated alkanes) is 1. The number of carbonyl (C=O) groups excluding carboxylic acids is 1. The third kappa shape index (κ3) is 4.88. The van der Waals surface area contributed by atoms with Gasteiger partial charge in [0.05, 0.1) is 12.2 Å². The van der Waals surface area contributed by atoms with E-state index in [-0.39, 0.29) is 5.91 Å². The first-order valence-electron chi connectivity index (χ1n) is 7.24. The van der Waals surface area contributed by atoms with Crippen LogP contribution in [-0.2, 0) is 6.54 Å². The number of aromatic nitrogens is 1. The zero-order chi connectivity index (χ0) is 14.9. The van der Waals surface area contributed by atoms with Gasteiger partial charge in [0.25, 0.3) is 5.91 Å². The number of hydrogen-bond acceptors (Lipinski definition) is 2. The van der Waals surface area contributed by atoms with Gasteiger partial charge in [-0.1, -0.05) is 43.7 Å². The molecule has 1 aromatic heterocycles. The fourth-order valence-electron chi connectivity index (χ4n) is 1.91. The van der Waals surface area contributed by atoms with Crippen molar-refractivity contribution in [1.29, 1.82) is 0 Å². The molecule has 1 amide bonds. The molecule has 1 N–H and O–H groups in total. The van der Waals surface area contributed by atoms with Crippen LogP contribution in [0.15, 0.2) is 54.7 Å². The van der Waals surface area contributed by atoms with Gasteiger partial charge in [-0.2, -0.15) is 0 Å². The van der Waals surface area contributed by atoms with Crippen LogP contribution in [0.3, 0.4) is 0 Å². The average Bonchev–Trinajstić information content (AvgIpc) is 2.54. The number of hydrogen-bond donors (Lipinski definition) is 1. The van der Waals surface area contributed by atoms with E-state index in [0.717, 1.165) is 24.1 Å². The molecule has 0 saturated heterocycles. The summed E-state index contributed by atoms with van der Waals surface area (Å²) < 4.78 is 0. The van der Waals surface area contributed by atoms with Crippen LogP contribution in [0.25, 0.3) is 6.08 Å². The summed E-state index contributed by atoms with van der Waals surface area (Å²) in [4.78, 5) is 16.2. The number of rotatable bonds is 6. The summed E-state index contributed by atoms with van der Waals surface area (Å²) in [5, 5.41) is 2.87. The maximum atomic E-state index is 12.0. The van der Waals surface area contributed by atoms with Crippen LogP contribution in [0.2, 0.25) is 0 Å². The molecule has 0 aliphatic rings. The second-order valence-electron chi connectivity index (χ2n) is 4.82. The normalized spacial score (nSPS) is 10.7. The Morgan fingerprint density at radius 1 is 1.19 bits per heavy atom. The third-order valence-electron chi connectivity index (χ3n) is 3.09. The number of nitrogens with one attached hydrogen (secondary N) is 1. The summed E-state index contributed by atoms with van der Waals surface area (Å²) in [6, 6.07) is 13.3. The Labute approximate surface area is 125 Å². The van der Waals surface area contributed by atoms with Gasteiger partial charge in [0.1, 0.15) is 0 Å². The fraction of sp³-hybridized carbons (Fsp3) is 0.222. The number of nitrogens with zero attached hydrogens (tertiary/aromatic N) is 1. The topological polar surface area (TPSA) is 42.0 Å². The highest BCUT2D eigenvalue weighted by Crippen LogP contribution is 2.07. The zero-order valence-corrected chi connectivity index (χ0v) is 12.3. The molecule has 108 valence electrons. The number of benzene rings is 1. The molecule has 0 aliphatic carbocycles. The second-order valence-corrected chi connectivity index (χ2v) is 4.82. The van der Waals surface area contributed by atoms with Crippen molar-refractivity contribution >= 4 is 12.0 Å². The Morgan fingerprint density at radius 3 is 2.67 bits per heavy atom. The van der Waals surface area contributed by atoms with Gasteiger partial charge in [-0.25, -0.2) is 0 Å². The monoisotopic (exact) mass is 280 g/mol. The Bertz CT molecular complexity index is 588. The van der Waals surface area contributed by atoms with Gasteiger partial charge in [-0.05, 0) is 36.2 Å². The van der Waals surface area contributed by atoms with Crippen molar-refractivity contribution in [3.8, 4) is 0 Å². The maximum absolute atomic E-state index is 12.0. The summed E-state index contributed by atoms with van der Waals surface area (Å²) in [6.45, 7) is 2.59. The largest absolute Gasteiger partial charge is 0.346 e. The van der Waals surface area contributed by atoms with E-state index >= 15 is 0 Å². The van der Waals surface area contributed by atoms with Gasteiger partial charge in [-0.3, -0.25) is 9.78 Å². The van der Waals surface area contributed by atoms with Crippen molar-refractivity contribution in [3.63, 3.8) is 0 Å². The lowest BCUT2D eigenvalue weighted by molar-refractivity contribution is 0.0950. The SMILES string of the molecule is CCCC=Cc1ccc(C(=O)NCc2ccccn2)cc1. The van der Waals surface area contributed by atoms with Crippen LogP contribution in [0.4, 0.5) is 0 Å². The number of pyridine rings is 1. The van der Waals surface area contributed by atoms with E-state index in [9.17, 15) is 4.79 Å². The summed E-state index contributed by atoms with van der Waals surface area (Å²) >= 11 is 0. The first kappa shape index (κ1) is 15.0. The number of amides is 1. The van der Waals surface area contributed by atoms with Gasteiger partial charge < -0.3 is 5.32 Å². The summed E-state index contributed by atoms with van der Waals surface area (Å²) in [6.07, 6.45) is 8.17. The minimum Gasteiger partial charge on any atom is -0.346 e. The molecule has 2 aromatic rings. The van der Waals surface area contributed by atoms with Gasteiger partial charge in [-0.15, -0.1) is 0 Å². The highest BCUT2D eigenvalue weighted by Gasteiger charge is 2.04. The highest BCUT2D eigenvalue weighted by molar-refractivity contribution is 5.94. The molecule has 2 rings (SSSR count). The molecule has 3 nitrogen and oxygen atoms in total. The van der Waals surface area contributed by atoms with Gasteiger partial charge in [0.15, 0.2) is 0 Å². The van der Waals surface area contributed by atoms with Gasteiger partial charge in [0, 0.05) is 11.8 Å². The molecule has 3 heteroatoms. The van der Waals surface area contributed by atoms with E-state index in [0.29, 0.717) is 12.1 Å². The molecule has 0 bridgehead atoms. The first-order valence-corrected chi connectivity index (χ1v) is 7.24. The molecular formula is C18H20N2O. The lowest BCUT2D eigenvalue weighted by Crippen LogP contribution is -2.23. The van der Waals surface area contributed by atoms with Gasteiger partial charge in [0.2, 0.25) is 0 Å². The minimum absolute atomic E-state index is 0.0789. The Morgan fingerprint density at radius 2 is 2.00 bits per heavy atom. The smallest absolute Gasteiger partial charge is 0.251 e. The van der Waals surface area contributed by atoms with E-state index in [1.54, 1.807) is 6.20 Å². The van der Waals surface area contributed by atoms with Crippen molar-refractivity contribution in [2.75, 3.05) is 0 Å². The number of allylic oxidation sites excluding steroid dienone is 1. The summed E-state index contributed by atoms with van der Waals surface area (Å²) in [5.74, 6) is -0.0789. The van der Waals surface area contributed by atoms with Crippen molar-refractivity contribution in [1.82, 2.24) is 10.3 Å². The van der Waals surface area contributed by atoms with E-state index < -0.39 is 0 Å². The molecule has 0 spiro atoms. The lowest BCUT2D eigenvalue weighted by Gasteiger charge is -2.05. The Hall–Kier alpha value is -2.42. The quantitative estimate of drug-likeness (QED) is 0.874. The van der Waals surface area contributed by atoms with E-state index in [4.69, 9.17) is 0 Å². The van der Waals surface area contributed by atoms with Crippen LogP contribution in [-0.4, -0.2) is 10.9 Å². The molecule has 0 saturated carbocycles. The molecular weight excluding hydrogens is 260 g/mol. The molecule has 1 heterocycles. The van der Waals surface area contributed by atoms with Crippen molar-refractivity contribution in [2.24, 2.45) is 0 Å². The van der Waals surface area contributed by atoms with Crippen LogP contribution in [0.1, 0.15) is 41.4 Å². The highest BCUT2D eigenvalue weighted by atomic mass is 16.1. The van der Waals surface area contributed by atoms with E-state index in [2.05, 4.69) is 29.4 Å². The van der Waals surface area contributed by atoms with Crippen LogP contribution in [0, 0.1) is 0 Å². The molecule has 0 radical (unpaired) electrons. The molecule has 0 aliphatic heterocycles. The molecule has 1 aromatic carbocycles. The van der Waals surface area contributed by atoms with E-state index in [1.807, 2.05) is 42.5 Å². The maximum Gasteiger partial charge on any atom is 0.251 e. The standard InChI is InChI=1S/C18H20N2O/c1-2-3-4-7-15-9-11-16(12-10-15)18(21)20-14-17-8-5-6-13-19-17/h4-13H,2-3,14H2,1H3,(H,20,21). The van der Waals surface area contributed by atoms with Crippen molar-refractivity contribution in [3.05, 3.63) is 71.6 Å². The molecule has 0 fully saturated rings. The predicted octanol–water partition coefficient (Wildman–Crippen LogP) is 3.82. The molecule has 0 atom stereocenters. The Balaban J connectivity index is 1.90. The van der Waals surface area contributed by atoms with Crippen LogP contribution in [0.5, 0.6) is 0 Å². The molecule has 0 unspecified atom stereocenters. The van der Waals surface area contributed by atoms with E-state index in [1.165, 1.54) is 0 Å². The average molecular weight is 280 g/mol. The summed E-state index contributed by atoms with van der Waals surface area (Å²) in [7, 11) is 0. The zero-order valence-electron chi connectivity index (χ0n) is 12.3. The predicted molar refractivity (Wildman–Crippen MR) is 85.8 cm³/mol. The van der Waals surface area contributed by atoms with Crippen molar-refractivity contribution < 1.29 is 4.79 Å². The summed E-state index contributed by atoms with van der Waals surface area (Å²) in [5.41, 5.74) is 2.63. The third-order valence-corrected chi connectivity index (χ3v) is 3.09. The second kappa shape index (κ2) is 8.00. The lowest BCUT2D eigenvalue weighted by atomic mass is 10.1. The van der Waals surface area contributed by atoms with Gasteiger partial charge >= 0.3 is 0 Å². The minimum atomic E-state index is -0.0789. The van der Waals surface area contributed by atoms with Crippen LogP contribution >= 0.6 is 0 Å². The Kier molecular flexibility index (Phi) is 5.71. The van der Waals surface area contributed by atoms with Crippen molar-refractivity contribution in [2.45, 2.75) is 26.3 Å².